The second-order valence-corrected chi connectivity index (χ2v) is 0.346. The normalized spacial score (nSPS) is 4.50. The van der Waals surface area contributed by atoms with Gasteiger partial charge in [0, 0.05) is 0 Å². The molecular weight excluding hydrogens is 92.7 g/mol. The molecule has 0 bridgehead atoms. The maximum Gasteiger partial charge on any atom is 3.00 e. The molecule has 6 heteroatoms. The van der Waals surface area contributed by atoms with Crippen LogP contribution in [0.15, 0.2) is 0 Å². The van der Waals surface area contributed by atoms with Crippen LogP contribution in [0, 0.1) is 0 Å². The van der Waals surface area contributed by atoms with E-state index in [1.165, 1.54) is 0 Å². The van der Waals surface area contributed by atoms with E-state index in [0.29, 0.717) is 0 Å². The number of rotatable bonds is 0. The van der Waals surface area contributed by atoms with Gasteiger partial charge in [0.15, 0.2) is 0 Å². The van der Waals surface area contributed by atoms with Gasteiger partial charge >= 0.3 is 43.5 Å². The van der Waals surface area contributed by atoms with Crippen molar-refractivity contribution in [1.82, 2.24) is 0 Å². The summed E-state index contributed by atoms with van der Waals surface area (Å²) in [6.45, 7) is 0. The van der Waals surface area contributed by atoms with E-state index < -0.39 is 7.32 Å². The van der Waals surface area contributed by atoms with Crippen LogP contribution < -0.4 is 18.9 Å². The summed E-state index contributed by atoms with van der Waals surface area (Å²) in [6.07, 6.45) is 0. The molecule has 0 aliphatic heterocycles. The maximum atomic E-state index is 7.17. The molecule has 0 amide bonds. The fraction of sp³-hybridized carbons (Fsp3) is 0. The number of hydrogen-bond donors (Lipinski definition) is 3. The summed E-state index contributed by atoms with van der Waals surface area (Å²) in [6, 6.07) is 0. The van der Waals surface area contributed by atoms with Crippen molar-refractivity contribution in [1.29, 1.82) is 0 Å². The zero-order valence-corrected chi connectivity index (χ0v) is 4.65. The van der Waals surface area contributed by atoms with E-state index in [-0.39, 0.29) is 36.2 Å². The van der Waals surface area contributed by atoms with Gasteiger partial charge in [-0.15, -0.1) is 0 Å². The van der Waals surface area contributed by atoms with Crippen LogP contribution in [-0.4, -0.2) is 39.8 Å². The van der Waals surface area contributed by atoms with Crippen LogP contribution in [0.2, 0.25) is 0 Å². The molecule has 0 aromatic heterocycles. The largest absolute Gasteiger partial charge is 3.00 e. The molecule has 24 valence electrons. The monoisotopic (exact) mass is 96.0 g/mol. The van der Waals surface area contributed by atoms with Crippen LogP contribution >= 0.6 is 0 Å². The molecule has 0 unspecified atom stereocenters. The molecule has 0 rings (SSSR count). The Bertz CT molecular complexity index is 15.5. The average molecular weight is 95.8 g/mol. The van der Waals surface area contributed by atoms with Crippen LogP contribution in [0.1, 0.15) is 0 Å². The van der Waals surface area contributed by atoms with Crippen molar-refractivity contribution in [2.75, 3.05) is 0 Å². The Hall–Kier alpha value is 1.07. The van der Waals surface area contributed by atoms with Crippen LogP contribution in [0.5, 0.6) is 0 Å². The van der Waals surface area contributed by atoms with E-state index in [1.807, 2.05) is 0 Å². The van der Waals surface area contributed by atoms with Crippen LogP contribution in [0.25, 0.3) is 0 Å². The minimum absolute atomic E-state index is 0. The Morgan fingerprint density at radius 1 is 1.00 bits per heavy atom. The molecule has 0 radical (unpaired) electrons. The third kappa shape index (κ3) is 72.9. The minimum atomic E-state index is -2.17. The predicted molar refractivity (Wildman–Crippen MR) is 18.2 cm³/mol. The Kier molecular flexibility index (Phi) is 24.7. The van der Waals surface area contributed by atoms with Crippen molar-refractivity contribution in [3.05, 3.63) is 0 Å². The third-order valence-corrected chi connectivity index (χ3v) is 0. The van der Waals surface area contributed by atoms with Crippen molar-refractivity contribution in [2.45, 2.75) is 0 Å². The average Bonchev–Trinajstić information content (AvgIpc) is 0.811. The molecule has 0 fully saturated rings. The van der Waals surface area contributed by atoms with E-state index in [0.717, 1.165) is 0 Å². The summed E-state index contributed by atoms with van der Waals surface area (Å²) < 4.78 is 0. The van der Waals surface area contributed by atoms with E-state index in [9.17, 15) is 0 Å². The molecule has 0 aromatic rings. The second kappa shape index (κ2) is 9.42. The number of hydrogen-bond acceptors (Lipinski definition) is 3. The van der Waals surface area contributed by atoms with Crippen LogP contribution in [0.4, 0.5) is 0 Å². The Morgan fingerprint density at radius 3 is 1.00 bits per heavy atom. The van der Waals surface area contributed by atoms with Crippen molar-refractivity contribution < 1.29 is 33.9 Å². The smallest absolute Gasteiger partial charge is 0.402 e. The summed E-state index contributed by atoms with van der Waals surface area (Å²) in [7, 11) is -2.17. The molecule has 0 aliphatic rings. The molecule has 6 heavy (non-hydrogen) atoms. The SMILES string of the molecule is OB(O)O.[Al+3].[Li+]. The first kappa shape index (κ1) is 15.7. The van der Waals surface area contributed by atoms with E-state index in [2.05, 4.69) is 0 Å². The summed E-state index contributed by atoms with van der Waals surface area (Å²) >= 11 is 0. The van der Waals surface area contributed by atoms with Crippen molar-refractivity contribution in [3.8, 4) is 0 Å². The molecule has 0 aliphatic carbocycles. The van der Waals surface area contributed by atoms with Gasteiger partial charge in [0.25, 0.3) is 0 Å². The van der Waals surface area contributed by atoms with E-state index in [4.69, 9.17) is 15.1 Å². The van der Waals surface area contributed by atoms with Gasteiger partial charge in [0.1, 0.15) is 0 Å². The summed E-state index contributed by atoms with van der Waals surface area (Å²) in [5.41, 5.74) is 0. The van der Waals surface area contributed by atoms with Crippen molar-refractivity contribution >= 4 is 24.7 Å². The maximum absolute atomic E-state index is 7.17. The van der Waals surface area contributed by atoms with Gasteiger partial charge in [-0.05, 0) is 0 Å². The molecular formula is H3AlBLiO3+4. The topological polar surface area (TPSA) is 60.7 Å². The van der Waals surface area contributed by atoms with Gasteiger partial charge in [0.05, 0.1) is 0 Å². The quantitative estimate of drug-likeness (QED) is 0.263. The van der Waals surface area contributed by atoms with Crippen molar-refractivity contribution in [3.63, 3.8) is 0 Å². The molecule has 0 heterocycles. The first-order valence-electron chi connectivity index (χ1n) is 0.775. The van der Waals surface area contributed by atoms with Gasteiger partial charge in [-0.2, -0.15) is 0 Å². The summed E-state index contributed by atoms with van der Waals surface area (Å²) in [5.74, 6) is 0. The molecule has 3 N–H and O–H groups in total. The first-order valence-corrected chi connectivity index (χ1v) is 0.775. The van der Waals surface area contributed by atoms with E-state index in [1.54, 1.807) is 0 Å². The zero-order chi connectivity index (χ0) is 3.58. The fourth-order valence-corrected chi connectivity index (χ4v) is 0. The molecule has 0 aromatic carbocycles. The molecule has 0 saturated carbocycles. The van der Waals surface area contributed by atoms with Gasteiger partial charge in [0.2, 0.25) is 0 Å². The Morgan fingerprint density at radius 2 is 1.00 bits per heavy atom. The second-order valence-electron chi connectivity index (χ2n) is 0.346. The molecule has 3 nitrogen and oxygen atoms in total. The summed E-state index contributed by atoms with van der Waals surface area (Å²) in [5, 5.41) is 21.5. The Balaban J connectivity index is -0.0000000450. The van der Waals surface area contributed by atoms with Crippen LogP contribution in [-0.2, 0) is 0 Å². The zero-order valence-electron chi connectivity index (χ0n) is 3.50. The standard InChI is InChI=1S/Al.BH3O3.Li/c;2-1(3)4;/h;2-4H;/q+3;;+1. The van der Waals surface area contributed by atoms with Gasteiger partial charge in [-0.25, -0.2) is 0 Å². The molecule has 0 saturated heterocycles. The minimum Gasteiger partial charge on any atom is -0.402 e. The van der Waals surface area contributed by atoms with Crippen LogP contribution in [0.3, 0.4) is 0 Å². The van der Waals surface area contributed by atoms with E-state index >= 15 is 0 Å². The third-order valence-electron chi connectivity index (χ3n) is 0. The van der Waals surface area contributed by atoms with Gasteiger partial charge in [-0.3, -0.25) is 0 Å². The van der Waals surface area contributed by atoms with Crippen molar-refractivity contribution in [2.24, 2.45) is 0 Å². The van der Waals surface area contributed by atoms with Gasteiger partial charge < -0.3 is 15.1 Å². The molecule has 0 spiro atoms. The predicted octanol–water partition coefficient (Wildman–Crippen LogP) is -5.43. The Labute approximate surface area is 58.9 Å². The molecule has 0 atom stereocenters. The van der Waals surface area contributed by atoms with Gasteiger partial charge in [-0.1, -0.05) is 0 Å². The fourth-order valence-electron chi connectivity index (χ4n) is 0. The first-order chi connectivity index (χ1) is 1.73. The summed E-state index contributed by atoms with van der Waals surface area (Å²) in [4.78, 5) is 0.